The van der Waals surface area contributed by atoms with E-state index in [4.69, 9.17) is 16.3 Å². The summed E-state index contributed by atoms with van der Waals surface area (Å²) in [5.74, 6) is -7.25. The zero-order chi connectivity index (χ0) is 24.6. The van der Waals surface area contributed by atoms with Gasteiger partial charge in [0.1, 0.15) is 5.75 Å². The summed E-state index contributed by atoms with van der Waals surface area (Å²) in [6.45, 7) is 0. The number of hydrogen-bond acceptors (Lipinski definition) is 4. The number of carbonyl (C=O) groups is 1. The fourth-order valence-electron chi connectivity index (χ4n) is 2.96. The number of aromatic nitrogens is 2. The summed E-state index contributed by atoms with van der Waals surface area (Å²) in [5.41, 5.74) is -1.91. The van der Waals surface area contributed by atoms with Crippen LogP contribution in [0.5, 0.6) is 11.5 Å². The molecule has 0 radical (unpaired) electrons. The summed E-state index contributed by atoms with van der Waals surface area (Å²) in [6.07, 6.45) is -2.04. The highest BCUT2D eigenvalue weighted by atomic mass is 35.5. The van der Waals surface area contributed by atoms with Crippen LogP contribution in [0.1, 0.15) is 15.9 Å². The topological polar surface area (TPSA) is 64.1 Å². The second kappa shape index (κ2) is 8.82. The molecule has 1 aromatic heterocycles. The van der Waals surface area contributed by atoms with Gasteiger partial charge in [-0.05, 0) is 30.3 Å². The monoisotopic (exact) mass is 497 g/mol. The molecule has 1 heterocycles. The molecule has 0 aliphatic heterocycles. The van der Waals surface area contributed by atoms with E-state index in [1.54, 1.807) is 0 Å². The summed E-state index contributed by atoms with van der Waals surface area (Å²) in [7, 11) is 0. The lowest BCUT2D eigenvalue weighted by molar-refractivity contribution is -0.137. The smallest absolute Gasteiger partial charge is 0.417 e. The SMILES string of the molecule is O=C(Nc1cc(F)c(F)c(Oc2ccc3nccnc3c2)c1F)c1ccc(Cl)c(C(F)(F)F)c1. The number of amides is 1. The first-order valence-corrected chi connectivity index (χ1v) is 9.66. The van der Waals surface area contributed by atoms with E-state index in [1.165, 1.54) is 30.6 Å². The summed E-state index contributed by atoms with van der Waals surface area (Å²) in [4.78, 5) is 20.5. The normalized spacial score (nSPS) is 11.5. The number of anilines is 1. The first-order valence-electron chi connectivity index (χ1n) is 9.29. The first kappa shape index (κ1) is 23.3. The highest BCUT2D eigenvalue weighted by Crippen LogP contribution is 2.37. The molecular formula is C22H10ClF6N3O2. The lowest BCUT2D eigenvalue weighted by Crippen LogP contribution is -2.16. The third kappa shape index (κ3) is 4.60. The van der Waals surface area contributed by atoms with Crippen LogP contribution in [0.15, 0.2) is 54.9 Å². The van der Waals surface area contributed by atoms with E-state index < -0.39 is 57.1 Å². The number of ether oxygens (including phenoxy) is 1. The van der Waals surface area contributed by atoms with Crippen molar-refractivity contribution in [3.05, 3.63) is 88.5 Å². The van der Waals surface area contributed by atoms with Crippen molar-refractivity contribution in [2.24, 2.45) is 0 Å². The van der Waals surface area contributed by atoms with Gasteiger partial charge in [-0.2, -0.15) is 17.6 Å². The molecule has 3 aromatic carbocycles. The van der Waals surface area contributed by atoms with Crippen molar-refractivity contribution in [1.29, 1.82) is 0 Å². The average molecular weight is 498 g/mol. The predicted octanol–water partition coefficient (Wildman–Crippen LogP) is 6.76. The van der Waals surface area contributed by atoms with Crippen LogP contribution >= 0.6 is 11.6 Å². The molecule has 0 saturated heterocycles. The molecular weight excluding hydrogens is 488 g/mol. The summed E-state index contributed by atoms with van der Waals surface area (Å²) in [6, 6.07) is 6.64. The molecule has 0 bridgehead atoms. The van der Waals surface area contributed by atoms with Crippen molar-refractivity contribution in [3.8, 4) is 11.5 Å². The Morgan fingerprint density at radius 2 is 1.62 bits per heavy atom. The minimum Gasteiger partial charge on any atom is -0.451 e. The molecule has 4 rings (SSSR count). The van der Waals surface area contributed by atoms with E-state index in [1.807, 2.05) is 5.32 Å². The second-order valence-electron chi connectivity index (χ2n) is 6.82. The van der Waals surface area contributed by atoms with E-state index in [9.17, 15) is 31.1 Å². The highest BCUT2D eigenvalue weighted by molar-refractivity contribution is 6.31. The number of carbonyl (C=O) groups excluding carboxylic acids is 1. The van der Waals surface area contributed by atoms with Gasteiger partial charge in [0.15, 0.2) is 11.6 Å². The zero-order valence-electron chi connectivity index (χ0n) is 16.6. The molecule has 0 aliphatic carbocycles. The Hall–Kier alpha value is -3.86. The number of nitrogens with one attached hydrogen (secondary N) is 1. The highest BCUT2D eigenvalue weighted by Gasteiger charge is 2.34. The molecule has 0 aliphatic rings. The molecule has 0 atom stereocenters. The third-order valence-corrected chi connectivity index (χ3v) is 4.89. The summed E-state index contributed by atoms with van der Waals surface area (Å²) >= 11 is 5.52. The minimum absolute atomic E-state index is 0.110. The van der Waals surface area contributed by atoms with E-state index in [-0.39, 0.29) is 5.75 Å². The van der Waals surface area contributed by atoms with Crippen molar-refractivity contribution in [3.63, 3.8) is 0 Å². The molecule has 0 saturated carbocycles. The zero-order valence-corrected chi connectivity index (χ0v) is 17.3. The van der Waals surface area contributed by atoms with Crippen molar-refractivity contribution in [1.82, 2.24) is 9.97 Å². The number of hydrogen-bond donors (Lipinski definition) is 1. The molecule has 0 spiro atoms. The summed E-state index contributed by atoms with van der Waals surface area (Å²) < 4.78 is 87.7. The maximum absolute atomic E-state index is 14.9. The van der Waals surface area contributed by atoms with E-state index in [0.717, 1.165) is 12.1 Å². The molecule has 1 N–H and O–H groups in total. The van der Waals surface area contributed by atoms with Crippen LogP contribution in [-0.2, 0) is 6.18 Å². The van der Waals surface area contributed by atoms with Gasteiger partial charge >= 0.3 is 6.18 Å². The molecule has 34 heavy (non-hydrogen) atoms. The Balaban J connectivity index is 1.66. The van der Waals surface area contributed by atoms with Crippen molar-refractivity contribution >= 4 is 34.2 Å². The number of alkyl halides is 3. The quantitative estimate of drug-likeness (QED) is 0.250. The second-order valence-corrected chi connectivity index (χ2v) is 7.23. The maximum Gasteiger partial charge on any atom is 0.417 e. The molecule has 174 valence electrons. The molecule has 5 nitrogen and oxygen atoms in total. The standard InChI is InChI=1S/C22H10ClF6N3O2/c23-13-3-1-10(7-12(13)22(27,28)29)21(33)32-17-9-14(24)18(25)20(19(17)26)34-11-2-4-15-16(8-11)31-6-5-30-15/h1-9H,(H,32,33). The van der Waals surface area contributed by atoms with Gasteiger partial charge in [0.2, 0.25) is 11.6 Å². The fraction of sp³-hybridized carbons (Fsp3) is 0.0455. The number of fused-ring (bicyclic) bond motifs is 1. The van der Waals surface area contributed by atoms with Crippen molar-refractivity contribution < 1.29 is 35.9 Å². The van der Waals surface area contributed by atoms with E-state index in [2.05, 4.69) is 9.97 Å². The minimum atomic E-state index is -4.86. The van der Waals surface area contributed by atoms with Crippen LogP contribution in [0.25, 0.3) is 11.0 Å². The Morgan fingerprint density at radius 1 is 0.912 bits per heavy atom. The maximum atomic E-state index is 14.9. The van der Waals surface area contributed by atoms with Crippen LogP contribution in [0, 0.1) is 17.5 Å². The lowest BCUT2D eigenvalue weighted by Gasteiger charge is -2.14. The Labute approximate surface area is 192 Å². The molecule has 0 unspecified atom stereocenters. The van der Waals surface area contributed by atoms with Crippen molar-refractivity contribution in [2.45, 2.75) is 6.18 Å². The molecule has 0 fully saturated rings. The largest absolute Gasteiger partial charge is 0.451 e. The van der Waals surface area contributed by atoms with Gasteiger partial charge in [-0.1, -0.05) is 11.6 Å². The van der Waals surface area contributed by atoms with Gasteiger partial charge in [0.25, 0.3) is 5.91 Å². The Morgan fingerprint density at radius 3 is 2.32 bits per heavy atom. The van der Waals surface area contributed by atoms with Gasteiger partial charge in [0, 0.05) is 30.1 Å². The van der Waals surface area contributed by atoms with Crippen LogP contribution in [0.4, 0.5) is 32.0 Å². The molecule has 12 heteroatoms. The van der Waals surface area contributed by atoms with Gasteiger partial charge in [0.05, 0.1) is 27.3 Å². The number of halogens is 7. The van der Waals surface area contributed by atoms with Crippen LogP contribution in [0.2, 0.25) is 5.02 Å². The van der Waals surface area contributed by atoms with E-state index >= 15 is 0 Å². The lowest BCUT2D eigenvalue weighted by atomic mass is 10.1. The Kier molecular flexibility index (Phi) is 6.05. The van der Waals surface area contributed by atoms with Gasteiger partial charge in [-0.25, -0.2) is 8.78 Å². The number of rotatable bonds is 4. The predicted molar refractivity (Wildman–Crippen MR) is 110 cm³/mol. The average Bonchev–Trinajstić information content (AvgIpc) is 2.79. The van der Waals surface area contributed by atoms with Gasteiger partial charge in [-0.3, -0.25) is 14.8 Å². The van der Waals surface area contributed by atoms with Crippen molar-refractivity contribution in [2.75, 3.05) is 5.32 Å². The summed E-state index contributed by atoms with van der Waals surface area (Å²) in [5, 5.41) is 1.26. The third-order valence-electron chi connectivity index (χ3n) is 4.56. The fourth-order valence-corrected chi connectivity index (χ4v) is 3.19. The molecule has 1 amide bonds. The van der Waals surface area contributed by atoms with Gasteiger partial charge in [-0.15, -0.1) is 0 Å². The van der Waals surface area contributed by atoms with E-state index in [0.29, 0.717) is 23.2 Å². The van der Waals surface area contributed by atoms with Gasteiger partial charge < -0.3 is 10.1 Å². The Bertz CT molecular complexity index is 1430. The van der Waals surface area contributed by atoms with Crippen LogP contribution in [0.3, 0.4) is 0 Å². The molecule has 4 aromatic rings. The van der Waals surface area contributed by atoms with Crippen LogP contribution < -0.4 is 10.1 Å². The van der Waals surface area contributed by atoms with Crippen LogP contribution in [-0.4, -0.2) is 15.9 Å². The number of nitrogens with zero attached hydrogens (tertiary/aromatic N) is 2. The number of benzene rings is 3. The first-order chi connectivity index (χ1) is 16.0.